The van der Waals surface area contributed by atoms with Crippen LogP contribution >= 0.6 is 0 Å². The summed E-state index contributed by atoms with van der Waals surface area (Å²) in [5.41, 5.74) is 0.659. The average Bonchev–Trinajstić information content (AvgIpc) is 2.60. The van der Waals surface area contributed by atoms with Gasteiger partial charge in [0, 0.05) is 12.1 Å². The van der Waals surface area contributed by atoms with Crippen LogP contribution in [0, 0.1) is 17.6 Å². The lowest BCUT2D eigenvalue weighted by Gasteiger charge is -2.16. The first kappa shape index (κ1) is 11.5. The lowest BCUT2D eigenvalue weighted by Crippen LogP contribution is -2.21. The molecule has 3 heteroatoms. The maximum absolute atomic E-state index is 13.6. The van der Waals surface area contributed by atoms with Crippen molar-refractivity contribution in [1.82, 2.24) is 5.32 Å². The Morgan fingerprint density at radius 3 is 2.56 bits per heavy atom. The van der Waals surface area contributed by atoms with Gasteiger partial charge in [0.25, 0.3) is 0 Å². The van der Waals surface area contributed by atoms with Crippen LogP contribution in [0.25, 0.3) is 0 Å². The highest BCUT2D eigenvalue weighted by Gasteiger charge is 2.32. The molecule has 88 valence electrons. The molecule has 1 aromatic rings. The van der Waals surface area contributed by atoms with Gasteiger partial charge >= 0.3 is 0 Å². The van der Waals surface area contributed by atoms with Gasteiger partial charge in [-0.15, -0.1) is 0 Å². The number of hydrogen-bond donors (Lipinski definition) is 1. The second-order valence-electron chi connectivity index (χ2n) is 4.71. The van der Waals surface area contributed by atoms with Crippen molar-refractivity contribution in [3.63, 3.8) is 0 Å². The molecule has 1 nitrogen and oxygen atoms in total. The number of hydrogen-bond acceptors (Lipinski definition) is 1. The summed E-state index contributed by atoms with van der Waals surface area (Å²) < 4.78 is 26.5. The van der Waals surface area contributed by atoms with Crippen molar-refractivity contribution in [3.05, 3.63) is 35.4 Å². The molecule has 16 heavy (non-hydrogen) atoms. The van der Waals surface area contributed by atoms with E-state index in [1.165, 1.54) is 6.07 Å². The summed E-state index contributed by atoms with van der Waals surface area (Å²) in [6.07, 6.45) is 1.98. The van der Waals surface area contributed by atoms with E-state index < -0.39 is 11.6 Å². The standard InChI is InChI=1S/C13H17F2N/c1-8-5-10(16-2)7-12(8)11-4-3-9(14)6-13(11)15/h3-4,6,8,10,12,16H,5,7H2,1-2H3. The van der Waals surface area contributed by atoms with Crippen LogP contribution in [0.4, 0.5) is 8.78 Å². The van der Waals surface area contributed by atoms with Gasteiger partial charge in [-0.1, -0.05) is 13.0 Å². The van der Waals surface area contributed by atoms with E-state index in [1.54, 1.807) is 6.07 Å². The van der Waals surface area contributed by atoms with E-state index in [4.69, 9.17) is 0 Å². The largest absolute Gasteiger partial charge is 0.317 e. The molecule has 3 unspecified atom stereocenters. The van der Waals surface area contributed by atoms with Gasteiger partial charge in [0.15, 0.2) is 0 Å². The molecule has 1 N–H and O–H groups in total. The average molecular weight is 225 g/mol. The summed E-state index contributed by atoms with van der Waals surface area (Å²) in [4.78, 5) is 0. The third-order valence-electron chi connectivity index (χ3n) is 3.65. The van der Waals surface area contributed by atoms with E-state index in [9.17, 15) is 8.78 Å². The lowest BCUT2D eigenvalue weighted by atomic mass is 9.90. The number of benzene rings is 1. The summed E-state index contributed by atoms with van der Waals surface area (Å²) in [5, 5.41) is 3.23. The second-order valence-corrected chi connectivity index (χ2v) is 4.71. The van der Waals surface area contributed by atoms with Gasteiger partial charge in [0.1, 0.15) is 11.6 Å². The molecule has 0 aliphatic heterocycles. The fraction of sp³-hybridized carbons (Fsp3) is 0.538. The molecule has 2 rings (SSSR count). The van der Waals surface area contributed by atoms with Gasteiger partial charge in [-0.25, -0.2) is 8.78 Å². The molecule has 1 aromatic carbocycles. The monoisotopic (exact) mass is 225 g/mol. The molecule has 0 radical (unpaired) electrons. The Bertz CT molecular complexity index is 378. The smallest absolute Gasteiger partial charge is 0.129 e. The molecule has 1 fully saturated rings. The summed E-state index contributed by atoms with van der Waals surface area (Å²) in [7, 11) is 1.93. The SMILES string of the molecule is CNC1CC(C)C(c2ccc(F)cc2F)C1. The van der Waals surface area contributed by atoms with Crippen molar-refractivity contribution >= 4 is 0 Å². The van der Waals surface area contributed by atoms with Gasteiger partial charge < -0.3 is 5.32 Å². The predicted octanol–water partition coefficient (Wildman–Crippen LogP) is 3.07. The molecule has 0 amide bonds. The maximum atomic E-state index is 13.6. The van der Waals surface area contributed by atoms with Crippen molar-refractivity contribution in [2.75, 3.05) is 7.05 Å². The summed E-state index contributed by atoms with van der Waals surface area (Å²) >= 11 is 0. The molecular weight excluding hydrogens is 208 g/mol. The minimum atomic E-state index is -0.503. The normalized spacial score (nSPS) is 29.6. The summed E-state index contributed by atoms with van der Waals surface area (Å²) in [6, 6.07) is 4.36. The Kier molecular flexibility index (Phi) is 3.24. The van der Waals surface area contributed by atoms with E-state index in [-0.39, 0.29) is 5.92 Å². The Balaban J connectivity index is 2.24. The molecule has 0 aromatic heterocycles. The van der Waals surface area contributed by atoms with E-state index >= 15 is 0 Å². The fourth-order valence-corrected chi connectivity index (χ4v) is 2.72. The Morgan fingerprint density at radius 2 is 2.00 bits per heavy atom. The van der Waals surface area contributed by atoms with Gasteiger partial charge in [-0.3, -0.25) is 0 Å². The van der Waals surface area contributed by atoms with Gasteiger partial charge in [0.05, 0.1) is 0 Å². The van der Waals surface area contributed by atoms with Crippen LogP contribution in [-0.2, 0) is 0 Å². The van der Waals surface area contributed by atoms with Crippen LogP contribution in [0.3, 0.4) is 0 Å². The van der Waals surface area contributed by atoms with Crippen LogP contribution in [0.15, 0.2) is 18.2 Å². The minimum Gasteiger partial charge on any atom is -0.317 e. The van der Waals surface area contributed by atoms with E-state index in [1.807, 2.05) is 7.05 Å². The zero-order valence-electron chi connectivity index (χ0n) is 9.63. The van der Waals surface area contributed by atoms with Gasteiger partial charge in [-0.05, 0) is 43.4 Å². The van der Waals surface area contributed by atoms with Gasteiger partial charge in [0.2, 0.25) is 0 Å². The minimum absolute atomic E-state index is 0.207. The first-order valence-corrected chi connectivity index (χ1v) is 5.74. The lowest BCUT2D eigenvalue weighted by molar-refractivity contribution is 0.494. The zero-order valence-corrected chi connectivity index (χ0v) is 9.63. The molecule has 1 aliphatic rings. The number of halogens is 2. The second kappa shape index (κ2) is 4.50. The summed E-state index contributed by atoms with van der Waals surface area (Å²) in [6.45, 7) is 2.13. The molecular formula is C13H17F2N. The zero-order chi connectivity index (χ0) is 11.7. The highest BCUT2D eigenvalue weighted by Crippen LogP contribution is 2.40. The highest BCUT2D eigenvalue weighted by molar-refractivity contribution is 5.25. The quantitative estimate of drug-likeness (QED) is 0.815. The van der Waals surface area contributed by atoms with E-state index in [2.05, 4.69) is 12.2 Å². The van der Waals surface area contributed by atoms with E-state index in [0.29, 0.717) is 17.5 Å². The molecule has 1 aliphatic carbocycles. The summed E-state index contributed by atoms with van der Waals surface area (Å²) in [5.74, 6) is -0.263. The third-order valence-corrected chi connectivity index (χ3v) is 3.65. The molecule has 1 saturated carbocycles. The molecule has 0 saturated heterocycles. The van der Waals surface area contributed by atoms with Gasteiger partial charge in [-0.2, -0.15) is 0 Å². The van der Waals surface area contributed by atoms with Crippen LogP contribution in [0.1, 0.15) is 31.2 Å². The van der Waals surface area contributed by atoms with Crippen molar-refractivity contribution in [1.29, 1.82) is 0 Å². The maximum Gasteiger partial charge on any atom is 0.129 e. The Morgan fingerprint density at radius 1 is 1.25 bits per heavy atom. The van der Waals surface area contributed by atoms with Crippen LogP contribution in [0.2, 0.25) is 0 Å². The molecule has 0 bridgehead atoms. The topological polar surface area (TPSA) is 12.0 Å². The van der Waals surface area contributed by atoms with Crippen LogP contribution in [0.5, 0.6) is 0 Å². The van der Waals surface area contributed by atoms with Crippen molar-refractivity contribution < 1.29 is 8.78 Å². The van der Waals surface area contributed by atoms with Crippen molar-refractivity contribution in [3.8, 4) is 0 Å². The highest BCUT2D eigenvalue weighted by atomic mass is 19.1. The van der Waals surface area contributed by atoms with Crippen LogP contribution < -0.4 is 5.32 Å². The molecule has 0 heterocycles. The fourth-order valence-electron chi connectivity index (χ4n) is 2.72. The Hall–Kier alpha value is -0.960. The molecule has 3 atom stereocenters. The Labute approximate surface area is 94.9 Å². The first-order valence-electron chi connectivity index (χ1n) is 5.74. The number of nitrogens with one attached hydrogen (secondary N) is 1. The predicted molar refractivity (Wildman–Crippen MR) is 60.3 cm³/mol. The molecule has 0 spiro atoms. The van der Waals surface area contributed by atoms with Crippen molar-refractivity contribution in [2.24, 2.45) is 5.92 Å². The van der Waals surface area contributed by atoms with E-state index in [0.717, 1.165) is 18.9 Å². The van der Waals surface area contributed by atoms with Crippen molar-refractivity contribution in [2.45, 2.75) is 31.7 Å². The van der Waals surface area contributed by atoms with Crippen LogP contribution in [-0.4, -0.2) is 13.1 Å². The number of rotatable bonds is 2. The third kappa shape index (κ3) is 2.09. The first-order chi connectivity index (χ1) is 7.61.